The summed E-state index contributed by atoms with van der Waals surface area (Å²) < 4.78 is 12.1. The van der Waals surface area contributed by atoms with Crippen LogP contribution in [0.4, 0.5) is 0 Å². The van der Waals surface area contributed by atoms with Crippen LogP contribution in [0, 0.1) is 13.8 Å². The minimum absolute atomic E-state index is 0.0642. The molecule has 8 nitrogen and oxygen atoms in total. The van der Waals surface area contributed by atoms with E-state index in [2.05, 4.69) is 20.6 Å². The molecule has 9 heteroatoms. The molecule has 1 atom stereocenters. The van der Waals surface area contributed by atoms with Gasteiger partial charge in [0.05, 0.1) is 22.5 Å². The van der Waals surface area contributed by atoms with Crippen molar-refractivity contribution in [1.29, 1.82) is 0 Å². The maximum absolute atomic E-state index is 12.0. The number of nitrogens with zero attached hydrogens (tertiary/aromatic N) is 4. The van der Waals surface area contributed by atoms with Crippen molar-refractivity contribution in [3.05, 3.63) is 28.1 Å². The summed E-state index contributed by atoms with van der Waals surface area (Å²) in [6.45, 7) is 5.17. The van der Waals surface area contributed by atoms with Crippen molar-refractivity contribution in [1.82, 2.24) is 25.2 Å². The number of carbonyl (C=O) groups excluding carboxylic acids is 1. The van der Waals surface area contributed by atoms with Gasteiger partial charge in [-0.3, -0.25) is 9.48 Å². The van der Waals surface area contributed by atoms with Gasteiger partial charge in [-0.1, -0.05) is 16.8 Å². The first kappa shape index (κ1) is 15.9. The first-order valence-corrected chi connectivity index (χ1v) is 7.84. The summed E-state index contributed by atoms with van der Waals surface area (Å²) in [6, 6.07) is 0. The molecule has 0 bridgehead atoms. The molecule has 0 spiro atoms. The number of carbonyl (C=O) groups is 1. The van der Waals surface area contributed by atoms with Crippen LogP contribution in [0.5, 0.6) is 0 Å². The van der Waals surface area contributed by atoms with Crippen LogP contribution in [0.3, 0.4) is 0 Å². The van der Waals surface area contributed by atoms with Crippen LogP contribution in [0.15, 0.2) is 4.52 Å². The van der Waals surface area contributed by atoms with Crippen LogP contribution >= 0.6 is 11.6 Å². The van der Waals surface area contributed by atoms with Gasteiger partial charge in [0.1, 0.15) is 6.54 Å². The Bertz CT molecular complexity index is 705. The SMILES string of the molecule is Cc1nn(Cc2noc(C(=O)NCC3CCCO3)n2)c(C)c1Cl. The Labute approximate surface area is 138 Å². The number of nitrogens with one attached hydrogen (secondary N) is 1. The van der Waals surface area contributed by atoms with Crippen molar-refractivity contribution in [2.24, 2.45) is 0 Å². The van der Waals surface area contributed by atoms with E-state index in [0.717, 1.165) is 30.8 Å². The van der Waals surface area contributed by atoms with Gasteiger partial charge in [0.15, 0.2) is 5.82 Å². The normalized spacial score (nSPS) is 17.6. The van der Waals surface area contributed by atoms with Crippen molar-refractivity contribution in [3.8, 4) is 0 Å². The predicted octanol–water partition coefficient (Wildman–Crippen LogP) is 1.49. The molecule has 0 saturated carbocycles. The summed E-state index contributed by atoms with van der Waals surface area (Å²) in [5, 5.41) is 11.5. The van der Waals surface area contributed by atoms with Gasteiger partial charge in [-0.05, 0) is 26.7 Å². The van der Waals surface area contributed by atoms with Crippen molar-refractivity contribution < 1.29 is 14.1 Å². The monoisotopic (exact) mass is 339 g/mol. The van der Waals surface area contributed by atoms with Crippen molar-refractivity contribution in [3.63, 3.8) is 0 Å². The third-order valence-corrected chi connectivity index (χ3v) is 4.31. The van der Waals surface area contributed by atoms with E-state index < -0.39 is 5.91 Å². The summed E-state index contributed by atoms with van der Waals surface area (Å²) in [5.74, 6) is -0.0918. The van der Waals surface area contributed by atoms with E-state index >= 15 is 0 Å². The molecule has 124 valence electrons. The van der Waals surface area contributed by atoms with Gasteiger partial charge in [-0.25, -0.2) is 0 Å². The number of ether oxygens (including phenoxy) is 1. The molecule has 1 aliphatic heterocycles. The second-order valence-corrected chi connectivity index (χ2v) is 5.88. The summed E-state index contributed by atoms with van der Waals surface area (Å²) in [5.41, 5.74) is 1.56. The Morgan fingerprint density at radius 2 is 2.30 bits per heavy atom. The lowest BCUT2D eigenvalue weighted by molar-refractivity contribution is 0.0822. The fourth-order valence-electron chi connectivity index (χ4n) is 2.46. The number of hydrogen-bond donors (Lipinski definition) is 1. The van der Waals surface area contributed by atoms with Gasteiger partial charge in [0.25, 0.3) is 0 Å². The first-order chi connectivity index (χ1) is 11.0. The van der Waals surface area contributed by atoms with E-state index in [0.29, 0.717) is 23.9 Å². The molecule has 1 amide bonds. The van der Waals surface area contributed by atoms with Crippen molar-refractivity contribution >= 4 is 17.5 Å². The Morgan fingerprint density at radius 3 is 2.96 bits per heavy atom. The highest BCUT2D eigenvalue weighted by molar-refractivity contribution is 6.31. The molecule has 3 heterocycles. The maximum atomic E-state index is 12.0. The molecule has 1 fully saturated rings. The lowest BCUT2D eigenvalue weighted by Crippen LogP contribution is -2.31. The zero-order valence-corrected chi connectivity index (χ0v) is 13.8. The van der Waals surface area contributed by atoms with Crippen LogP contribution in [-0.4, -0.2) is 45.1 Å². The molecule has 23 heavy (non-hydrogen) atoms. The number of rotatable bonds is 5. The lowest BCUT2D eigenvalue weighted by atomic mass is 10.2. The van der Waals surface area contributed by atoms with Gasteiger partial charge in [0, 0.05) is 13.2 Å². The average molecular weight is 340 g/mol. The Kier molecular flexibility index (Phi) is 4.63. The molecule has 3 rings (SSSR count). The van der Waals surface area contributed by atoms with Gasteiger partial charge >= 0.3 is 11.8 Å². The highest BCUT2D eigenvalue weighted by Gasteiger charge is 2.20. The number of hydrogen-bond acceptors (Lipinski definition) is 6. The third kappa shape index (κ3) is 3.53. The minimum Gasteiger partial charge on any atom is -0.376 e. The van der Waals surface area contributed by atoms with Crippen LogP contribution in [-0.2, 0) is 11.3 Å². The molecule has 2 aromatic heterocycles. The number of amides is 1. The molecule has 1 unspecified atom stereocenters. The molecule has 0 aliphatic carbocycles. The molecule has 1 saturated heterocycles. The number of aromatic nitrogens is 4. The molecule has 2 aromatic rings. The topological polar surface area (TPSA) is 95.1 Å². The Balaban J connectivity index is 1.60. The van der Waals surface area contributed by atoms with E-state index in [9.17, 15) is 4.79 Å². The Morgan fingerprint density at radius 1 is 1.48 bits per heavy atom. The van der Waals surface area contributed by atoms with Gasteiger partial charge in [0.2, 0.25) is 0 Å². The summed E-state index contributed by atoms with van der Waals surface area (Å²) in [4.78, 5) is 16.1. The van der Waals surface area contributed by atoms with E-state index in [-0.39, 0.29) is 12.0 Å². The second-order valence-electron chi connectivity index (χ2n) is 5.50. The van der Waals surface area contributed by atoms with Crippen molar-refractivity contribution in [2.45, 2.75) is 39.3 Å². The van der Waals surface area contributed by atoms with Crippen LogP contribution < -0.4 is 5.32 Å². The zero-order chi connectivity index (χ0) is 16.4. The zero-order valence-electron chi connectivity index (χ0n) is 13.0. The van der Waals surface area contributed by atoms with Crippen LogP contribution in [0.25, 0.3) is 0 Å². The van der Waals surface area contributed by atoms with E-state index in [1.165, 1.54) is 0 Å². The summed E-state index contributed by atoms with van der Waals surface area (Å²) in [7, 11) is 0. The van der Waals surface area contributed by atoms with E-state index in [1.807, 2.05) is 13.8 Å². The molecule has 1 aliphatic rings. The standard InChI is InChI=1S/C14H18ClN5O3/c1-8-12(15)9(2)20(18-8)7-11-17-14(23-19-11)13(21)16-6-10-4-3-5-22-10/h10H,3-7H2,1-2H3,(H,16,21). The maximum Gasteiger partial charge on any atom is 0.316 e. The quantitative estimate of drug-likeness (QED) is 0.886. The smallest absolute Gasteiger partial charge is 0.316 e. The van der Waals surface area contributed by atoms with Gasteiger partial charge < -0.3 is 14.6 Å². The highest BCUT2D eigenvalue weighted by atomic mass is 35.5. The fraction of sp³-hybridized carbons (Fsp3) is 0.571. The largest absolute Gasteiger partial charge is 0.376 e. The lowest BCUT2D eigenvalue weighted by Gasteiger charge is -2.08. The van der Waals surface area contributed by atoms with Gasteiger partial charge in [-0.2, -0.15) is 10.1 Å². The second kappa shape index (κ2) is 6.67. The highest BCUT2D eigenvalue weighted by Crippen LogP contribution is 2.19. The molecular formula is C14H18ClN5O3. The van der Waals surface area contributed by atoms with Gasteiger partial charge in [-0.15, -0.1) is 0 Å². The predicted molar refractivity (Wildman–Crippen MR) is 81.4 cm³/mol. The first-order valence-electron chi connectivity index (χ1n) is 7.46. The third-order valence-electron chi connectivity index (χ3n) is 3.76. The van der Waals surface area contributed by atoms with Crippen molar-refractivity contribution in [2.75, 3.05) is 13.2 Å². The number of halogens is 1. The Hall–Kier alpha value is -1.93. The molecule has 0 radical (unpaired) electrons. The number of aryl methyl sites for hydroxylation is 1. The minimum atomic E-state index is -0.398. The average Bonchev–Trinajstić information content (AvgIpc) is 3.25. The van der Waals surface area contributed by atoms with E-state index in [4.69, 9.17) is 20.9 Å². The van der Waals surface area contributed by atoms with E-state index in [1.54, 1.807) is 4.68 Å². The molecule has 1 N–H and O–H groups in total. The van der Waals surface area contributed by atoms with Crippen LogP contribution in [0.1, 0.15) is 40.7 Å². The summed E-state index contributed by atoms with van der Waals surface area (Å²) >= 11 is 6.10. The fourth-order valence-corrected chi connectivity index (χ4v) is 2.60. The van der Waals surface area contributed by atoms with Crippen LogP contribution in [0.2, 0.25) is 5.02 Å². The molecular weight excluding hydrogens is 322 g/mol. The molecule has 0 aromatic carbocycles. The summed E-state index contributed by atoms with van der Waals surface area (Å²) in [6.07, 6.45) is 2.04.